The Morgan fingerprint density at radius 2 is 1.92 bits per heavy atom. The quantitative estimate of drug-likeness (QED) is 0.694. The van der Waals surface area contributed by atoms with E-state index in [1.807, 2.05) is 26.0 Å². The molecule has 5 heteroatoms. The molecule has 2 rings (SSSR count). The van der Waals surface area contributed by atoms with Crippen LogP contribution in [0, 0.1) is 5.82 Å². The average Bonchev–Trinajstić information content (AvgIpc) is 2.61. The molecule has 0 radical (unpaired) electrons. The molecular formula is C21H24FNO3. The molecule has 0 aromatic heterocycles. The van der Waals surface area contributed by atoms with Crippen LogP contribution < -0.4 is 9.47 Å². The highest BCUT2D eigenvalue weighted by molar-refractivity contribution is 5.91. The van der Waals surface area contributed by atoms with Gasteiger partial charge in [0.2, 0.25) is 5.91 Å². The van der Waals surface area contributed by atoms with E-state index >= 15 is 0 Å². The Hall–Kier alpha value is -2.82. The molecule has 0 saturated carbocycles. The number of halogens is 1. The number of methoxy groups -OCH3 is 1. The molecule has 0 N–H and O–H groups in total. The van der Waals surface area contributed by atoms with E-state index in [9.17, 15) is 9.18 Å². The fraction of sp³-hybridized carbons (Fsp3) is 0.286. The zero-order valence-corrected chi connectivity index (χ0v) is 15.5. The fourth-order valence-electron chi connectivity index (χ4n) is 2.39. The summed E-state index contributed by atoms with van der Waals surface area (Å²) in [4.78, 5) is 13.7. The summed E-state index contributed by atoms with van der Waals surface area (Å²) < 4.78 is 24.7. The lowest BCUT2D eigenvalue weighted by Gasteiger charge is -2.16. The lowest BCUT2D eigenvalue weighted by Crippen LogP contribution is -2.24. The van der Waals surface area contributed by atoms with Crippen molar-refractivity contribution in [1.82, 2.24) is 4.90 Å². The molecule has 0 aliphatic carbocycles. The van der Waals surface area contributed by atoms with Gasteiger partial charge in [-0.2, -0.15) is 0 Å². The second kappa shape index (κ2) is 9.04. The molecule has 0 aliphatic heterocycles. The molecule has 4 nitrogen and oxygen atoms in total. The fourth-order valence-corrected chi connectivity index (χ4v) is 2.39. The van der Waals surface area contributed by atoms with Gasteiger partial charge in [-0.3, -0.25) is 4.79 Å². The Labute approximate surface area is 153 Å². The smallest absolute Gasteiger partial charge is 0.246 e. The second-order valence-corrected chi connectivity index (χ2v) is 6.20. The van der Waals surface area contributed by atoms with Crippen LogP contribution in [0.4, 0.5) is 4.39 Å². The molecule has 2 aromatic rings. The monoisotopic (exact) mass is 357 g/mol. The maximum Gasteiger partial charge on any atom is 0.246 e. The zero-order valence-electron chi connectivity index (χ0n) is 15.5. The van der Waals surface area contributed by atoms with Gasteiger partial charge in [0.05, 0.1) is 13.2 Å². The van der Waals surface area contributed by atoms with Gasteiger partial charge in [-0.15, -0.1) is 0 Å². The van der Waals surface area contributed by atoms with E-state index in [-0.39, 0.29) is 24.4 Å². The molecule has 0 saturated heterocycles. The summed E-state index contributed by atoms with van der Waals surface area (Å²) in [6.45, 7) is 4.09. The van der Waals surface area contributed by atoms with Crippen molar-refractivity contribution in [2.45, 2.75) is 26.5 Å². The molecule has 0 spiro atoms. The number of nitrogens with zero attached hydrogens (tertiary/aromatic N) is 1. The molecule has 0 fully saturated rings. The van der Waals surface area contributed by atoms with E-state index in [1.165, 1.54) is 17.0 Å². The van der Waals surface area contributed by atoms with E-state index in [4.69, 9.17) is 9.47 Å². The van der Waals surface area contributed by atoms with E-state index < -0.39 is 0 Å². The van der Waals surface area contributed by atoms with Crippen LogP contribution in [0.5, 0.6) is 11.5 Å². The first-order valence-corrected chi connectivity index (χ1v) is 8.42. The number of amides is 1. The Balaban J connectivity index is 2.06. The topological polar surface area (TPSA) is 38.8 Å². The van der Waals surface area contributed by atoms with E-state index in [0.29, 0.717) is 17.1 Å². The van der Waals surface area contributed by atoms with Crippen LogP contribution in [0.15, 0.2) is 48.5 Å². The van der Waals surface area contributed by atoms with Crippen LogP contribution in [-0.2, 0) is 11.3 Å². The van der Waals surface area contributed by atoms with E-state index in [2.05, 4.69) is 0 Å². The van der Waals surface area contributed by atoms with Gasteiger partial charge in [-0.25, -0.2) is 4.39 Å². The van der Waals surface area contributed by atoms with Gasteiger partial charge in [-0.05, 0) is 43.7 Å². The summed E-state index contributed by atoms with van der Waals surface area (Å²) in [5.41, 5.74) is 1.29. The van der Waals surface area contributed by atoms with E-state index in [0.717, 1.165) is 5.56 Å². The molecule has 0 bridgehead atoms. The Kier molecular flexibility index (Phi) is 6.78. The zero-order chi connectivity index (χ0) is 19.1. The summed E-state index contributed by atoms with van der Waals surface area (Å²) in [6, 6.07) is 11.9. The Bertz CT molecular complexity index is 787. The minimum atomic E-state index is -0.318. The van der Waals surface area contributed by atoms with Gasteiger partial charge in [0.15, 0.2) is 11.5 Å². The average molecular weight is 357 g/mol. The summed E-state index contributed by atoms with van der Waals surface area (Å²) >= 11 is 0. The van der Waals surface area contributed by atoms with Crippen molar-refractivity contribution < 1.29 is 18.7 Å². The largest absolute Gasteiger partial charge is 0.493 e. The highest BCUT2D eigenvalue weighted by atomic mass is 19.1. The van der Waals surface area contributed by atoms with E-state index in [1.54, 1.807) is 44.5 Å². The van der Waals surface area contributed by atoms with Crippen LogP contribution in [0.25, 0.3) is 6.08 Å². The first-order valence-electron chi connectivity index (χ1n) is 8.42. The normalized spacial score (nSPS) is 11.0. The summed E-state index contributed by atoms with van der Waals surface area (Å²) in [6.07, 6.45) is 3.19. The first-order chi connectivity index (χ1) is 12.4. The standard InChI is InChI=1S/C21H24FNO3/c1-15(2)26-19-11-9-16(13-20(19)25-4)10-12-21(24)23(3)14-17-7-5-6-8-18(17)22/h5-13,15H,14H2,1-4H3/b12-10+. The van der Waals surface area contributed by atoms with Crippen LogP contribution in [0.2, 0.25) is 0 Å². The Morgan fingerprint density at radius 1 is 1.19 bits per heavy atom. The van der Waals surface area contributed by atoms with Gasteiger partial charge < -0.3 is 14.4 Å². The minimum absolute atomic E-state index is 0.0406. The SMILES string of the molecule is COc1cc(/C=C/C(=O)N(C)Cc2ccccc2F)ccc1OC(C)C. The van der Waals surface area contributed by atoms with Crippen LogP contribution in [-0.4, -0.2) is 31.1 Å². The lowest BCUT2D eigenvalue weighted by atomic mass is 10.1. The molecular weight excluding hydrogens is 333 g/mol. The van der Waals surface area contributed by atoms with Gasteiger partial charge in [0.1, 0.15) is 5.82 Å². The van der Waals surface area contributed by atoms with Crippen LogP contribution in [0.3, 0.4) is 0 Å². The molecule has 26 heavy (non-hydrogen) atoms. The van der Waals surface area contributed by atoms with Crippen molar-refractivity contribution in [3.05, 3.63) is 65.5 Å². The van der Waals surface area contributed by atoms with Crippen molar-refractivity contribution in [1.29, 1.82) is 0 Å². The van der Waals surface area contributed by atoms with Crippen molar-refractivity contribution in [2.24, 2.45) is 0 Å². The molecule has 138 valence electrons. The maximum atomic E-state index is 13.7. The molecule has 2 aromatic carbocycles. The summed E-state index contributed by atoms with van der Waals surface area (Å²) in [5, 5.41) is 0. The predicted molar refractivity (Wildman–Crippen MR) is 101 cm³/mol. The van der Waals surface area contributed by atoms with Crippen molar-refractivity contribution >= 4 is 12.0 Å². The molecule has 0 unspecified atom stereocenters. The van der Waals surface area contributed by atoms with Crippen LogP contribution in [0.1, 0.15) is 25.0 Å². The molecule has 1 amide bonds. The number of hydrogen-bond donors (Lipinski definition) is 0. The third-order valence-electron chi connectivity index (χ3n) is 3.71. The maximum absolute atomic E-state index is 13.7. The summed E-state index contributed by atoms with van der Waals surface area (Å²) in [7, 11) is 3.21. The van der Waals surface area contributed by atoms with Crippen molar-refractivity contribution in [3.63, 3.8) is 0 Å². The summed E-state index contributed by atoms with van der Waals surface area (Å²) in [5.74, 6) is 0.729. The number of ether oxygens (including phenoxy) is 2. The third kappa shape index (κ3) is 5.34. The lowest BCUT2D eigenvalue weighted by molar-refractivity contribution is -0.125. The predicted octanol–water partition coefficient (Wildman–Crippen LogP) is 4.29. The van der Waals surface area contributed by atoms with Crippen LogP contribution >= 0.6 is 0 Å². The number of carbonyl (C=O) groups excluding carboxylic acids is 1. The number of hydrogen-bond acceptors (Lipinski definition) is 3. The molecule has 0 aliphatic rings. The number of benzene rings is 2. The van der Waals surface area contributed by atoms with Gasteiger partial charge >= 0.3 is 0 Å². The van der Waals surface area contributed by atoms with Gasteiger partial charge in [0, 0.05) is 25.2 Å². The number of likely N-dealkylation sites (N-methyl/N-ethyl adjacent to an activating group) is 1. The van der Waals surface area contributed by atoms with Gasteiger partial charge in [0.25, 0.3) is 0 Å². The van der Waals surface area contributed by atoms with Crippen molar-refractivity contribution in [2.75, 3.05) is 14.2 Å². The Morgan fingerprint density at radius 3 is 2.58 bits per heavy atom. The second-order valence-electron chi connectivity index (χ2n) is 6.20. The molecule has 0 atom stereocenters. The number of carbonyl (C=O) groups is 1. The highest BCUT2D eigenvalue weighted by Gasteiger charge is 2.10. The van der Waals surface area contributed by atoms with Gasteiger partial charge in [-0.1, -0.05) is 24.3 Å². The molecule has 0 heterocycles. The third-order valence-corrected chi connectivity index (χ3v) is 3.71. The first kappa shape index (κ1) is 19.5. The minimum Gasteiger partial charge on any atom is -0.493 e. The highest BCUT2D eigenvalue weighted by Crippen LogP contribution is 2.29. The van der Waals surface area contributed by atoms with Crippen molar-refractivity contribution in [3.8, 4) is 11.5 Å². The number of rotatable bonds is 7.